The van der Waals surface area contributed by atoms with Crippen LogP contribution in [0.15, 0.2) is 29.5 Å². The Morgan fingerprint density at radius 1 is 1.36 bits per heavy atom. The molecule has 0 radical (unpaired) electrons. The van der Waals surface area contributed by atoms with Crippen LogP contribution in [0, 0.1) is 11.3 Å². The Labute approximate surface area is 83.1 Å². The minimum atomic E-state index is 0.168. The molecule has 0 aromatic carbocycles. The quantitative estimate of drug-likeness (QED) is 0.673. The summed E-state index contributed by atoms with van der Waals surface area (Å²) in [5, 5.41) is 8.76. The summed E-state index contributed by atoms with van der Waals surface area (Å²) in [6.45, 7) is 0. The second kappa shape index (κ2) is 4.01. The molecule has 2 heterocycles. The van der Waals surface area contributed by atoms with Crippen LogP contribution in [0.4, 0.5) is 0 Å². The van der Waals surface area contributed by atoms with Crippen molar-refractivity contribution in [1.82, 2.24) is 4.98 Å². The highest BCUT2D eigenvalue weighted by Gasteiger charge is 2.15. The lowest BCUT2D eigenvalue weighted by atomic mass is 9.98. The Morgan fingerprint density at radius 2 is 2.14 bits per heavy atom. The fourth-order valence-corrected chi connectivity index (χ4v) is 1.69. The van der Waals surface area contributed by atoms with Crippen molar-refractivity contribution < 1.29 is 0 Å². The molecule has 1 aliphatic heterocycles. The lowest BCUT2D eigenvalue weighted by Gasteiger charge is -2.17. The molecule has 0 aliphatic carbocycles. The monoisotopic (exact) mass is 185 g/mol. The molecule has 1 unspecified atom stereocenters. The maximum atomic E-state index is 8.76. The zero-order chi connectivity index (χ0) is 9.80. The molecule has 1 atom stereocenters. The zero-order valence-electron chi connectivity index (χ0n) is 7.85. The first-order valence-electron chi connectivity index (χ1n) is 4.77. The molecule has 0 saturated heterocycles. The van der Waals surface area contributed by atoms with Crippen molar-refractivity contribution in [2.45, 2.75) is 25.3 Å². The first-order valence-corrected chi connectivity index (χ1v) is 4.77. The van der Waals surface area contributed by atoms with Crippen LogP contribution in [0.2, 0.25) is 0 Å². The molecule has 0 amide bonds. The lowest BCUT2D eigenvalue weighted by Crippen LogP contribution is -2.08. The topological polar surface area (TPSA) is 49.0 Å². The zero-order valence-corrected chi connectivity index (χ0v) is 7.85. The van der Waals surface area contributed by atoms with Gasteiger partial charge in [0.1, 0.15) is 11.8 Å². The van der Waals surface area contributed by atoms with Gasteiger partial charge in [0.25, 0.3) is 0 Å². The van der Waals surface area contributed by atoms with Gasteiger partial charge in [0.15, 0.2) is 0 Å². The standard InChI is InChI=1S/C11H11N3/c12-8-10-2-1-3-11(14-10)9-4-6-13-7-5-9/h4-7,11H,1-3H2. The van der Waals surface area contributed by atoms with Crippen molar-refractivity contribution in [2.24, 2.45) is 4.99 Å². The first kappa shape index (κ1) is 8.89. The number of hydrogen-bond acceptors (Lipinski definition) is 3. The third-order valence-corrected chi connectivity index (χ3v) is 2.42. The van der Waals surface area contributed by atoms with Crippen LogP contribution in [-0.2, 0) is 0 Å². The summed E-state index contributed by atoms with van der Waals surface area (Å²) >= 11 is 0. The number of nitriles is 1. The van der Waals surface area contributed by atoms with E-state index in [9.17, 15) is 0 Å². The third-order valence-electron chi connectivity index (χ3n) is 2.42. The number of rotatable bonds is 1. The fraction of sp³-hybridized carbons (Fsp3) is 0.364. The molecule has 0 N–H and O–H groups in total. The van der Waals surface area contributed by atoms with Gasteiger partial charge in [-0.05, 0) is 37.0 Å². The third kappa shape index (κ3) is 1.80. The Kier molecular flexibility index (Phi) is 2.55. The molecule has 0 spiro atoms. The molecule has 1 aromatic heterocycles. The summed E-state index contributed by atoms with van der Waals surface area (Å²) in [6.07, 6.45) is 6.46. The highest BCUT2D eigenvalue weighted by molar-refractivity contribution is 5.98. The Bertz CT molecular complexity index is 375. The Morgan fingerprint density at radius 3 is 2.86 bits per heavy atom. The first-order chi connectivity index (χ1) is 6.90. The van der Waals surface area contributed by atoms with Crippen LogP contribution in [0.25, 0.3) is 0 Å². The minimum Gasteiger partial charge on any atom is -0.270 e. The van der Waals surface area contributed by atoms with E-state index < -0.39 is 0 Å². The predicted octanol–water partition coefficient (Wildman–Crippen LogP) is 2.27. The molecule has 70 valence electrons. The van der Waals surface area contributed by atoms with E-state index in [0.29, 0.717) is 5.71 Å². The molecule has 2 rings (SSSR count). The molecular weight excluding hydrogens is 174 g/mol. The van der Waals surface area contributed by atoms with E-state index in [-0.39, 0.29) is 6.04 Å². The summed E-state index contributed by atoms with van der Waals surface area (Å²) in [7, 11) is 0. The summed E-state index contributed by atoms with van der Waals surface area (Å²) in [4.78, 5) is 8.36. The van der Waals surface area contributed by atoms with E-state index in [2.05, 4.69) is 16.0 Å². The van der Waals surface area contributed by atoms with Gasteiger partial charge < -0.3 is 0 Å². The summed E-state index contributed by atoms with van der Waals surface area (Å²) in [5.41, 5.74) is 1.84. The van der Waals surface area contributed by atoms with Crippen LogP contribution in [0.3, 0.4) is 0 Å². The number of pyridine rings is 1. The Balaban J connectivity index is 2.25. The molecule has 0 bridgehead atoms. The van der Waals surface area contributed by atoms with Crippen LogP contribution >= 0.6 is 0 Å². The fourth-order valence-electron chi connectivity index (χ4n) is 1.69. The normalized spacial score (nSPS) is 21.1. The summed E-state index contributed by atoms with van der Waals surface area (Å²) < 4.78 is 0. The molecule has 1 aromatic rings. The van der Waals surface area contributed by atoms with E-state index in [4.69, 9.17) is 5.26 Å². The van der Waals surface area contributed by atoms with Gasteiger partial charge in [-0.2, -0.15) is 5.26 Å². The van der Waals surface area contributed by atoms with Crippen LogP contribution in [0.5, 0.6) is 0 Å². The maximum Gasteiger partial charge on any atom is 0.114 e. The summed E-state index contributed by atoms with van der Waals surface area (Å²) in [5.74, 6) is 0. The van der Waals surface area contributed by atoms with Gasteiger partial charge in [-0.15, -0.1) is 0 Å². The number of aliphatic imine (C=N–C) groups is 1. The lowest BCUT2D eigenvalue weighted by molar-refractivity contribution is 0.598. The van der Waals surface area contributed by atoms with Gasteiger partial charge >= 0.3 is 0 Å². The maximum absolute atomic E-state index is 8.76. The van der Waals surface area contributed by atoms with Gasteiger partial charge in [0.05, 0.1) is 6.04 Å². The van der Waals surface area contributed by atoms with Gasteiger partial charge in [0, 0.05) is 12.4 Å². The number of aromatic nitrogens is 1. The van der Waals surface area contributed by atoms with Crippen LogP contribution in [0.1, 0.15) is 30.9 Å². The van der Waals surface area contributed by atoms with E-state index in [1.165, 1.54) is 0 Å². The summed E-state index contributed by atoms with van der Waals surface area (Å²) in [6, 6.07) is 6.24. The highest BCUT2D eigenvalue weighted by Crippen LogP contribution is 2.27. The Hall–Kier alpha value is -1.69. The predicted molar refractivity (Wildman–Crippen MR) is 53.9 cm³/mol. The van der Waals surface area contributed by atoms with Crippen molar-refractivity contribution >= 4 is 5.71 Å². The van der Waals surface area contributed by atoms with Gasteiger partial charge in [-0.1, -0.05) is 0 Å². The second-order valence-corrected chi connectivity index (χ2v) is 3.38. The van der Waals surface area contributed by atoms with Crippen LogP contribution < -0.4 is 0 Å². The van der Waals surface area contributed by atoms with Crippen molar-refractivity contribution in [2.75, 3.05) is 0 Å². The average molecular weight is 185 g/mol. The molecule has 14 heavy (non-hydrogen) atoms. The van der Waals surface area contributed by atoms with Crippen molar-refractivity contribution in [3.63, 3.8) is 0 Å². The van der Waals surface area contributed by atoms with E-state index in [1.54, 1.807) is 12.4 Å². The van der Waals surface area contributed by atoms with Crippen molar-refractivity contribution in [1.29, 1.82) is 5.26 Å². The smallest absolute Gasteiger partial charge is 0.114 e. The van der Waals surface area contributed by atoms with E-state index in [1.807, 2.05) is 12.1 Å². The van der Waals surface area contributed by atoms with Crippen molar-refractivity contribution in [3.05, 3.63) is 30.1 Å². The SMILES string of the molecule is N#CC1=NC(c2ccncc2)CCC1. The largest absolute Gasteiger partial charge is 0.270 e. The number of hydrogen-bond donors (Lipinski definition) is 0. The molecule has 3 nitrogen and oxygen atoms in total. The van der Waals surface area contributed by atoms with Crippen molar-refractivity contribution in [3.8, 4) is 6.07 Å². The average Bonchev–Trinajstić information content (AvgIpc) is 2.30. The van der Waals surface area contributed by atoms with Gasteiger partial charge in [-0.3, -0.25) is 9.98 Å². The van der Waals surface area contributed by atoms with Gasteiger partial charge in [0.2, 0.25) is 0 Å². The number of nitrogens with zero attached hydrogens (tertiary/aromatic N) is 3. The van der Waals surface area contributed by atoms with E-state index in [0.717, 1.165) is 24.8 Å². The second-order valence-electron chi connectivity index (χ2n) is 3.38. The minimum absolute atomic E-state index is 0.168. The van der Waals surface area contributed by atoms with Crippen LogP contribution in [-0.4, -0.2) is 10.7 Å². The molecular formula is C11H11N3. The molecule has 0 fully saturated rings. The van der Waals surface area contributed by atoms with E-state index >= 15 is 0 Å². The highest BCUT2D eigenvalue weighted by atomic mass is 14.8. The molecule has 3 heteroatoms. The van der Waals surface area contributed by atoms with Gasteiger partial charge in [-0.25, -0.2) is 0 Å². The molecule has 0 saturated carbocycles. The molecule has 1 aliphatic rings.